The molecule has 1 atom stereocenters. The van der Waals surface area contributed by atoms with E-state index < -0.39 is 6.04 Å². The Bertz CT molecular complexity index is 1550. The van der Waals surface area contributed by atoms with E-state index in [1.165, 1.54) is 49.7 Å². The Labute approximate surface area is 277 Å². The van der Waals surface area contributed by atoms with Crippen molar-refractivity contribution in [2.75, 3.05) is 19.6 Å². The molecule has 3 amide bonds. The van der Waals surface area contributed by atoms with Gasteiger partial charge in [-0.25, -0.2) is 0 Å². The zero-order chi connectivity index (χ0) is 32.1. The number of hydrogen-bond donors (Lipinski definition) is 1. The molecule has 3 heterocycles. The molecular weight excluding hydrogens is 598 g/mol. The molecule has 1 N–H and O–H groups in total. The maximum absolute atomic E-state index is 13.1. The number of nitrogens with zero attached hydrogens (tertiary/aromatic N) is 2. The number of carbonyl (C=O) groups is 3. The third-order valence-corrected chi connectivity index (χ3v) is 11.8. The van der Waals surface area contributed by atoms with Gasteiger partial charge < -0.3 is 9.64 Å². The van der Waals surface area contributed by atoms with Crippen LogP contribution >= 0.6 is 11.6 Å². The van der Waals surface area contributed by atoms with Crippen molar-refractivity contribution in [2.24, 2.45) is 10.8 Å². The van der Waals surface area contributed by atoms with E-state index in [0.29, 0.717) is 29.4 Å². The number of allylic oxidation sites excluding steroid dienone is 1. The predicted octanol–water partition coefficient (Wildman–Crippen LogP) is 7.17. The predicted molar refractivity (Wildman–Crippen MR) is 179 cm³/mol. The number of piperidine rings is 2. The van der Waals surface area contributed by atoms with Crippen LogP contribution in [-0.4, -0.2) is 59.3 Å². The molecule has 5 aliphatic rings. The Morgan fingerprint density at radius 1 is 0.913 bits per heavy atom. The van der Waals surface area contributed by atoms with Gasteiger partial charge in [0.1, 0.15) is 11.8 Å². The summed E-state index contributed by atoms with van der Waals surface area (Å²) in [4.78, 5) is 41.3. The average Bonchev–Trinajstić information content (AvgIpc) is 3.35. The Hall–Kier alpha value is -3.16. The minimum Gasteiger partial charge on any atom is -0.490 e. The molecule has 7 rings (SSSR count). The molecule has 0 bridgehead atoms. The number of benzene rings is 2. The minimum absolute atomic E-state index is 0.146. The lowest BCUT2D eigenvalue weighted by Crippen LogP contribution is -2.52. The smallest absolute Gasteiger partial charge is 0.255 e. The van der Waals surface area contributed by atoms with Crippen molar-refractivity contribution in [1.82, 2.24) is 15.1 Å². The van der Waals surface area contributed by atoms with Crippen molar-refractivity contribution in [3.05, 3.63) is 69.8 Å². The van der Waals surface area contributed by atoms with E-state index in [1.807, 2.05) is 30.3 Å². The van der Waals surface area contributed by atoms with Crippen LogP contribution in [0.3, 0.4) is 0 Å². The van der Waals surface area contributed by atoms with Gasteiger partial charge >= 0.3 is 0 Å². The van der Waals surface area contributed by atoms with Crippen LogP contribution in [0.1, 0.15) is 106 Å². The van der Waals surface area contributed by atoms with Crippen LogP contribution in [0.25, 0.3) is 5.57 Å². The fraction of sp³-hybridized carbons (Fsp3) is 0.553. The van der Waals surface area contributed by atoms with Crippen LogP contribution in [0.15, 0.2) is 48.0 Å². The number of likely N-dealkylation sites (tertiary alicyclic amines) is 1. The standard InChI is InChI=1S/C38H46ClN3O4/c1-37(2)14-11-26(32(22-37)25-3-5-28(39)6-4-25)23-41-19-17-38(18-20-41)15-12-29(13-16-38)46-30-7-8-31-27(21-30)24-42(36(31)45)33-9-10-34(43)40-35(33)44/h3-8,21,29,33H,9-20,22-24H2,1-2H3,(H,40,43,44). The van der Waals surface area contributed by atoms with E-state index >= 15 is 0 Å². The van der Waals surface area contributed by atoms with Crippen LogP contribution in [0, 0.1) is 10.8 Å². The van der Waals surface area contributed by atoms with Gasteiger partial charge in [-0.3, -0.25) is 24.6 Å². The highest BCUT2D eigenvalue weighted by atomic mass is 35.5. The maximum atomic E-state index is 13.1. The third kappa shape index (κ3) is 6.50. The molecule has 2 aromatic carbocycles. The number of carbonyl (C=O) groups excluding carboxylic acids is 3. The van der Waals surface area contributed by atoms with Crippen LogP contribution < -0.4 is 10.1 Å². The fourth-order valence-corrected chi connectivity index (χ4v) is 8.68. The SMILES string of the molecule is CC1(C)CCC(CN2CCC3(CCC(Oc4ccc5c(c4)CN(C4CCC(=O)NC4=O)C5=O)CC3)CC2)=C(c2ccc(Cl)cc2)C1. The quantitative estimate of drug-likeness (QED) is 0.338. The Morgan fingerprint density at radius 2 is 1.65 bits per heavy atom. The number of ether oxygens (including phenoxy) is 1. The molecule has 0 radical (unpaired) electrons. The summed E-state index contributed by atoms with van der Waals surface area (Å²) in [6.07, 6.45) is 11.4. The summed E-state index contributed by atoms with van der Waals surface area (Å²) in [5.41, 5.74) is 6.75. The van der Waals surface area contributed by atoms with Crippen molar-refractivity contribution in [3.8, 4) is 5.75 Å². The van der Waals surface area contributed by atoms with Crippen molar-refractivity contribution in [3.63, 3.8) is 0 Å². The normalized spacial score (nSPS) is 25.2. The molecular formula is C38H46ClN3O4. The lowest BCUT2D eigenvalue weighted by atomic mass is 9.67. The first-order valence-electron chi connectivity index (χ1n) is 17.2. The third-order valence-electron chi connectivity index (χ3n) is 11.5. The Kier molecular flexibility index (Phi) is 8.52. The monoisotopic (exact) mass is 643 g/mol. The molecule has 1 spiro atoms. The second-order valence-corrected chi connectivity index (χ2v) is 15.7. The molecule has 2 aromatic rings. The highest BCUT2D eigenvalue weighted by Gasteiger charge is 2.41. The van der Waals surface area contributed by atoms with Gasteiger partial charge in [0.15, 0.2) is 0 Å². The first-order chi connectivity index (χ1) is 22.1. The molecule has 2 saturated heterocycles. The van der Waals surface area contributed by atoms with Crippen LogP contribution in [-0.2, 0) is 16.1 Å². The molecule has 244 valence electrons. The van der Waals surface area contributed by atoms with Gasteiger partial charge in [-0.05, 0) is 135 Å². The zero-order valence-electron chi connectivity index (χ0n) is 27.2. The largest absolute Gasteiger partial charge is 0.490 e. The minimum atomic E-state index is -0.597. The summed E-state index contributed by atoms with van der Waals surface area (Å²) in [5, 5.41) is 3.17. The summed E-state index contributed by atoms with van der Waals surface area (Å²) < 4.78 is 6.49. The first kappa shape index (κ1) is 31.4. The lowest BCUT2D eigenvalue weighted by molar-refractivity contribution is -0.136. The van der Waals surface area contributed by atoms with Gasteiger partial charge in [0, 0.05) is 30.1 Å². The molecule has 46 heavy (non-hydrogen) atoms. The van der Waals surface area contributed by atoms with Gasteiger partial charge in [0.25, 0.3) is 5.91 Å². The van der Waals surface area contributed by atoms with Gasteiger partial charge in [-0.15, -0.1) is 0 Å². The number of fused-ring (bicyclic) bond motifs is 1. The molecule has 7 nitrogen and oxygen atoms in total. The number of imide groups is 1. The van der Waals surface area contributed by atoms with E-state index in [4.69, 9.17) is 16.3 Å². The van der Waals surface area contributed by atoms with Crippen LogP contribution in [0.5, 0.6) is 5.75 Å². The number of nitrogens with one attached hydrogen (secondary N) is 1. The molecule has 3 aliphatic heterocycles. The average molecular weight is 644 g/mol. The van der Waals surface area contributed by atoms with Crippen molar-refractivity contribution in [1.29, 1.82) is 0 Å². The second-order valence-electron chi connectivity index (χ2n) is 15.2. The van der Waals surface area contributed by atoms with Gasteiger partial charge in [0.2, 0.25) is 11.8 Å². The topological polar surface area (TPSA) is 79.0 Å². The number of amides is 3. The summed E-state index contributed by atoms with van der Waals surface area (Å²) in [7, 11) is 0. The van der Waals surface area contributed by atoms with E-state index in [2.05, 4.69) is 36.2 Å². The van der Waals surface area contributed by atoms with Crippen molar-refractivity contribution >= 4 is 34.9 Å². The summed E-state index contributed by atoms with van der Waals surface area (Å²) in [6, 6.07) is 13.5. The lowest BCUT2D eigenvalue weighted by Gasteiger charge is -2.46. The van der Waals surface area contributed by atoms with Crippen LogP contribution in [0.4, 0.5) is 0 Å². The van der Waals surface area contributed by atoms with Crippen molar-refractivity contribution in [2.45, 2.75) is 103 Å². The van der Waals surface area contributed by atoms with E-state index in [1.54, 1.807) is 10.5 Å². The summed E-state index contributed by atoms with van der Waals surface area (Å²) in [6.45, 7) is 8.57. The summed E-state index contributed by atoms with van der Waals surface area (Å²) >= 11 is 6.22. The molecule has 0 aromatic heterocycles. The number of halogens is 1. The fourth-order valence-electron chi connectivity index (χ4n) is 8.56. The molecule has 2 aliphatic carbocycles. The van der Waals surface area contributed by atoms with E-state index in [-0.39, 0.29) is 30.2 Å². The summed E-state index contributed by atoms with van der Waals surface area (Å²) in [5.74, 6) is -0.000580. The Balaban J connectivity index is 0.925. The highest BCUT2D eigenvalue weighted by molar-refractivity contribution is 6.30. The van der Waals surface area contributed by atoms with Gasteiger partial charge in [-0.1, -0.05) is 43.2 Å². The number of rotatable bonds is 6. The maximum Gasteiger partial charge on any atom is 0.255 e. The highest BCUT2D eigenvalue weighted by Crippen LogP contribution is 2.47. The van der Waals surface area contributed by atoms with Crippen molar-refractivity contribution < 1.29 is 19.1 Å². The van der Waals surface area contributed by atoms with E-state index in [0.717, 1.165) is 55.2 Å². The zero-order valence-corrected chi connectivity index (χ0v) is 28.0. The molecule has 3 fully saturated rings. The Morgan fingerprint density at radius 3 is 2.37 bits per heavy atom. The molecule has 1 unspecified atom stereocenters. The molecule has 8 heteroatoms. The van der Waals surface area contributed by atoms with Gasteiger partial charge in [0.05, 0.1) is 6.10 Å². The van der Waals surface area contributed by atoms with Gasteiger partial charge in [-0.2, -0.15) is 0 Å². The first-order valence-corrected chi connectivity index (χ1v) is 17.6. The second kappa shape index (κ2) is 12.5. The van der Waals surface area contributed by atoms with E-state index in [9.17, 15) is 14.4 Å². The van der Waals surface area contributed by atoms with Crippen LogP contribution in [0.2, 0.25) is 5.02 Å². The molecule has 1 saturated carbocycles. The number of hydrogen-bond acceptors (Lipinski definition) is 5.